The first-order valence-electron chi connectivity index (χ1n) is 11.1. The number of aliphatic hydroxyl groups excluding tert-OH is 2. The summed E-state index contributed by atoms with van der Waals surface area (Å²) >= 11 is 0. The van der Waals surface area contributed by atoms with E-state index < -0.39 is 35.3 Å². The lowest BCUT2D eigenvalue weighted by atomic mass is 9.85. The lowest BCUT2D eigenvalue weighted by molar-refractivity contribution is -0.136. The summed E-state index contributed by atoms with van der Waals surface area (Å²) in [5.74, 6) is -1.92. The lowest BCUT2D eigenvalue weighted by Gasteiger charge is -2.26. The van der Waals surface area contributed by atoms with Gasteiger partial charge in [0.1, 0.15) is 11.8 Å². The molecule has 0 radical (unpaired) electrons. The first kappa shape index (κ1) is 23.7. The summed E-state index contributed by atoms with van der Waals surface area (Å²) < 4.78 is 29.8. The number of rotatable bonds is 5. The van der Waals surface area contributed by atoms with Crippen LogP contribution in [-0.4, -0.2) is 76.9 Å². The van der Waals surface area contributed by atoms with Crippen LogP contribution in [0.1, 0.15) is 19.4 Å². The van der Waals surface area contributed by atoms with E-state index in [-0.39, 0.29) is 24.0 Å². The Morgan fingerprint density at radius 2 is 1.97 bits per heavy atom. The number of nitrogens with one attached hydrogen (secondary N) is 2. The Bertz CT molecular complexity index is 1470. The average Bonchev–Trinajstić information content (AvgIpc) is 3.59. The summed E-state index contributed by atoms with van der Waals surface area (Å²) in [7, 11) is 3.12. The molecule has 1 aromatic carbocycles. The molecule has 1 aliphatic carbocycles. The maximum absolute atomic E-state index is 13.7. The second kappa shape index (κ2) is 8.57. The van der Waals surface area contributed by atoms with Crippen molar-refractivity contribution in [2.45, 2.75) is 31.6 Å². The van der Waals surface area contributed by atoms with Crippen molar-refractivity contribution in [3.8, 4) is 17.2 Å². The Labute approximate surface area is 203 Å². The zero-order valence-electron chi connectivity index (χ0n) is 19.5. The van der Waals surface area contributed by atoms with Crippen LogP contribution in [0.3, 0.4) is 0 Å². The molecular weight excluding hydrogens is 476 g/mol. The van der Waals surface area contributed by atoms with E-state index in [1.54, 1.807) is 18.5 Å². The van der Waals surface area contributed by atoms with Gasteiger partial charge in [-0.25, -0.2) is 13.8 Å². The number of halogens is 2. The maximum Gasteiger partial charge on any atom is 0.256 e. The third-order valence-electron chi connectivity index (χ3n) is 6.67. The smallest absolute Gasteiger partial charge is 0.256 e. The van der Waals surface area contributed by atoms with E-state index >= 15 is 0 Å². The summed E-state index contributed by atoms with van der Waals surface area (Å²) in [6.45, 7) is 1.59. The Kier molecular flexibility index (Phi) is 5.64. The first-order chi connectivity index (χ1) is 17.2. The van der Waals surface area contributed by atoms with Gasteiger partial charge in [-0.1, -0.05) is 5.21 Å². The van der Waals surface area contributed by atoms with Gasteiger partial charge in [-0.15, -0.1) is 5.10 Å². The summed E-state index contributed by atoms with van der Waals surface area (Å²) in [5.41, 5.74) is 0.0936. The molecule has 1 saturated carbocycles. The van der Waals surface area contributed by atoms with Crippen LogP contribution < -0.4 is 10.6 Å². The Morgan fingerprint density at radius 1 is 1.19 bits per heavy atom. The molecule has 1 fully saturated rings. The molecule has 188 valence electrons. The van der Waals surface area contributed by atoms with Gasteiger partial charge >= 0.3 is 0 Å². The molecule has 1 unspecified atom stereocenters. The largest absolute Gasteiger partial charge is 0.389 e. The summed E-state index contributed by atoms with van der Waals surface area (Å²) in [5, 5.41) is 35.0. The maximum atomic E-state index is 13.7. The molecule has 3 aromatic heterocycles. The van der Waals surface area contributed by atoms with Gasteiger partial charge in [0.25, 0.3) is 5.95 Å². The molecule has 5 rings (SSSR count). The number of nitrogens with zero attached hydrogens (tertiary/aromatic N) is 7. The Balaban J connectivity index is 1.57. The fraction of sp³-hybridized carbons (Fsp3) is 0.364. The van der Waals surface area contributed by atoms with Crippen molar-refractivity contribution in [3.05, 3.63) is 42.4 Å². The van der Waals surface area contributed by atoms with Crippen molar-refractivity contribution in [2.75, 3.05) is 19.4 Å². The normalized spacial score (nSPS) is 23.8. The number of aromatic nitrogens is 7. The average molecular weight is 499 g/mol. The summed E-state index contributed by atoms with van der Waals surface area (Å²) in [6, 6.07) is 2.69. The minimum atomic E-state index is -1.31. The molecule has 4 N–H and O–H groups in total. The van der Waals surface area contributed by atoms with E-state index in [9.17, 15) is 23.8 Å². The number of imidazole rings is 1. The van der Waals surface area contributed by atoms with Crippen LogP contribution in [0.25, 0.3) is 28.4 Å². The van der Waals surface area contributed by atoms with Crippen molar-refractivity contribution in [2.24, 2.45) is 5.41 Å². The van der Waals surface area contributed by atoms with Gasteiger partial charge in [-0.2, -0.15) is 14.6 Å². The molecule has 0 spiro atoms. The zero-order valence-corrected chi connectivity index (χ0v) is 19.5. The molecule has 4 aromatic rings. The molecule has 0 saturated heterocycles. The minimum absolute atomic E-state index is 0.0945. The van der Waals surface area contributed by atoms with Crippen LogP contribution in [0.2, 0.25) is 0 Å². The minimum Gasteiger partial charge on any atom is -0.389 e. The monoisotopic (exact) mass is 499 g/mol. The molecule has 3 heterocycles. The van der Waals surface area contributed by atoms with Gasteiger partial charge in [0.05, 0.1) is 30.1 Å². The van der Waals surface area contributed by atoms with Crippen molar-refractivity contribution in [1.82, 2.24) is 39.8 Å². The number of anilines is 1. The highest BCUT2D eigenvalue weighted by molar-refractivity contribution is 5.85. The molecule has 1 aliphatic rings. The number of hydrogen-bond donors (Lipinski definition) is 4. The molecule has 14 heteroatoms. The SMILES string of the molecule is CNC(=O)C1(C)C[C@@H](n2cnc3c(NC)nc(-n4cc(-c5ccc(F)c(F)c5)nn4)nc32)[C@H](O)[C@@H]1O. The second-order valence-electron chi connectivity index (χ2n) is 8.83. The number of carbonyl (C=O) groups excluding carboxylic acids is 1. The standard InChI is InChI=1S/C22H23F2N9O3/c1-22(20(36)26-3)7-14(16(34)17(22)35)32-9-27-15-18(25-2)28-21(29-19(15)32)33-8-13(30-31-33)10-4-5-11(23)12(24)6-10/h4-6,8-9,14,16-17,34-35H,7H2,1-3H3,(H,26,36)(H,25,28,29)/t14-,16+,17+,22?/m1/s1. The van der Waals surface area contributed by atoms with Gasteiger partial charge in [0.15, 0.2) is 28.6 Å². The van der Waals surface area contributed by atoms with Crippen LogP contribution in [0, 0.1) is 17.0 Å². The highest BCUT2D eigenvalue weighted by Crippen LogP contribution is 2.45. The molecule has 1 amide bonds. The van der Waals surface area contributed by atoms with Gasteiger partial charge < -0.3 is 25.4 Å². The predicted molar refractivity (Wildman–Crippen MR) is 123 cm³/mol. The Hall–Kier alpha value is -4.04. The van der Waals surface area contributed by atoms with Gasteiger partial charge in [0, 0.05) is 19.7 Å². The van der Waals surface area contributed by atoms with E-state index in [4.69, 9.17) is 0 Å². The van der Waals surface area contributed by atoms with Gasteiger partial charge in [-0.3, -0.25) is 4.79 Å². The third-order valence-corrected chi connectivity index (χ3v) is 6.67. The summed E-state index contributed by atoms with van der Waals surface area (Å²) in [4.78, 5) is 25.8. The lowest BCUT2D eigenvalue weighted by Crippen LogP contribution is -2.45. The Morgan fingerprint density at radius 3 is 2.67 bits per heavy atom. The van der Waals surface area contributed by atoms with E-state index in [0.717, 1.165) is 12.1 Å². The first-order valence-corrected chi connectivity index (χ1v) is 11.1. The molecule has 36 heavy (non-hydrogen) atoms. The van der Waals surface area contributed by atoms with Crippen molar-refractivity contribution < 1.29 is 23.8 Å². The number of hydrogen-bond acceptors (Lipinski definition) is 9. The van der Waals surface area contributed by atoms with Crippen LogP contribution in [0.4, 0.5) is 14.6 Å². The van der Waals surface area contributed by atoms with E-state index in [0.29, 0.717) is 22.5 Å². The van der Waals surface area contributed by atoms with Crippen LogP contribution in [-0.2, 0) is 4.79 Å². The van der Waals surface area contributed by atoms with E-state index in [2.05, 4.69) is 35.9 Å². The number of fused-ring (bicyclic) bond motifs is 1. The molecule has 0 bridgehead atoms. The topological polar surface area (TPSA) is 156 Å². The number of carbonyl (C=O) groups is 1. The number of benzene rings is 1. The fourth-order valence-electron chi connectivity index (χ4n) is 4.61. The third kappa shape index (κ3) is 3.56. The van der Waals surface area contributed by atoms with Crippen LogP contribution >= 0.6 is 0 Å². The molecule has 0 aliphatic heterocycles. The van der Waals surface area contributed by atoms with Gasteiger partial charge in [-0.05, 0) is 31.5 Å². The van der Waals surface area contributed by atoms with Crippen molar-refractivity contribution in [3.63, 3.8) is 0 Å². The van der Waals surface area contributed by atoms with Gasteiger partial charge in [0.2, 0.25) is 5.91 Å². The molecule has 4 atom stereocenters. The van der Waals surface area contributed by atoms with Crippen molar-refractivity contribution in [1.29, 1.82) is 0 Å². The van der Waals surface area contributed by atoms with Crippen LogP contribution in [0.15, 0.2) is 30.7 Å². The highest BCUT2D eigenvalue weighted by Gasteiger charge is 2.54. The fourth-order valence-corrected chi connectivity index (χ4v) is 4.61. The van der Waals surface area contributed by atoms with Crippen LogP contribution in [0.5, 0.6) is 0 Å². The molecule has 12 nitrogen and oxygen atoms in total. The number of amides is 1. The summed E-state index contributed by atoms with van der Waals surface area (Å²) in [6.07, 6.45) is 0.503. The van der Waals surface area contributed by atoms with Crippen molar-refractivity contribution >= 4 is 22.9 Å². The highest BCUT2D eigenvalue weighted by atomic mass is 19.2. The number of aliphatic hydroxyl groups is 2. The quantitative estimate of drug-likeness (QED) is 0.312. The second-order valence-corrected chi connectivity index (χ2v) is 8.83. The van der Waals surface area contributed by atoms with E-state index in [1.807, 2.05) is 0 Å². The van der Waals surface area contributed by atoms with E-state index in [1.165, 1.54) is 30.3 Å². The predicted octanol–water partition coefficient (Wildman–Crippen LogP) is 0.813. The molecular formula is C22H23F2N9O3. The zero-order chi connectivity index (χ0) is 25.8.